The van der Waals surface area contributed by atoms with Crippen LogP contribution in [-0.4, -0.2) is 17.9 Å². The van der Waals surface area contributed by atoms with Crippen LogP contribution in [0, 0.1) is 0 Å². The maximum Gasteiger partial charge on any atom is 0.155 e. The number of benzene rings is 1. The Bertz CT molecular complexity index is 319. The van der Waals surface area contributed by atoms with Gasteiger partial charge in [-0.15, -0.1) is 0 Å². The highest BCUT2D eigenvalue weighted by atomic mass is 16.7. The summed E-state index contributed by atoms with van der Waals surface area (Å²) in [7, 11) is 0. The summed E-state index contributed by atoms with van der Waals surface area (Å²) in [5.74, 6) is 0.823. The highest BCUT2D eigenvalue weighted by Gasteiger charge is 2.01. The van der Waals surface area contributed by atoms with E-state index in [2.05, 4.69) is 4.99 Å². The monoisotopic (exact) mass is 174 g/mol. The van der Waals surface area contributed by atoms with Gasteiger partial charge in [0.1, 0.15) is 6.67 Å². The summed E-state index contributed by atoms with van der Waals surface area (Å²) in [5.41, 5.74) is 0. The highest BCUT2D eigenvalue weighted by Crippen LogP contribution is 2.11. The molecule has 0 atom stereocenters. The molecule has 1 aromatic carbocycles. The molecule has 2 rings (SSSR count). The molecule has 0 saturated carbocycles. The van der Waals surface area contributed by atoms with E-state index in [1.54, 1.807) is 11.3 Å². The van der Waals surface area contributed by atoms with Gasteiger partial charge in [-0.1, -0.05) is 18.2 Å². The second kappa shape index (κ2) is 3.76. The van der Waals surface area contributed by atoms with Crippen molar-refractivity contribution in [3.63, 3.8) is 0 Å². The van der Waals surface area contributed by atoms with Crippen LogP contribution in [0.15, 0.2) is 47.6 Å². The first-order valence-corrected chi connectivity index (χ1v) is 4.11. The molecule has 13 heavy (non-hydrogen) atoms. The minimum atomic E-state index is 0.547. The lowest BCUT2D eigenvalue weighted by Crippen LogP contribution is -2.23. The summed E-state index contributed by atoms with van der Waals surface area (Å²) < 4.78 is 0. The van der Waals surface area contributed by atoms with E-state index in [9.17, 15) is 0 Å². The Kier molecular flexibility index (Phi) is 2.27. The molecular formula is C10H10N2O. The SMILES string of the molecule is C1=CN(Oc2ccccc2)CN=C1. The predicted octanol–water partition coefficient (Wildman–Crippen LogP) is 1.84. The van der Waals surface area contributed by atoms with Crippen molar-refractivity contribution in [2.45, 2.75) is 0 Å². The Balaban J connectivity index is 1.99. The van der Waals surface area contributed by atoms with Crippen LogP contribution in [-0.2, 0) is 0 Å². The second-order valence-corrected chi connectivity index (χ2v) is 2.64. The first kappa shape index (κ1) is 7.86. The second-order valence-electron chi connectivity index (χ2n) is 2.64. The van der Waals surface area contributed by atoms with Crippen LogP contribution in [0.4, 0.5) is 0 Å². The van der Waals surface area contributed by atoms with Crippen molar-refractivity contribution in [1.29, 1.82) is 0 Å². The number of hydrogen-bond donors (Lipinski definition) is 0. The van der Waals surface area contributed by atoms with E-state index in [0.29, 0.717) is 6.67 Å². The van der Waals surface area contributed by atoms with Crippen LogP contribution in [0.2, 0.25) is 0 Å². The molecule has 0 unspecified atom stereocenters. The molecule has 3 nitrogen and oxygen atoms in total. The minimum Gasteiger partial charge on any atom is -0.378 e. The third kappa shape index (κ3) is 2.08. The smallest absolute Gasteiger partial charge is 0.155 e. The van der Waals surface area contributed by atoms with E-state index >= 15 is 0 Å². The molecule has 1 aliphatic rings. The van der Waals surface area contributed by atoms with E-state index in [1.807, 2.05) is 42.6 Å². The van der Waals surface area contributed by atoms with Gasteiger partial charge in [-0.05, 0) is 18.2 Å². The van der Waals surface area contributed by atoms with Gasteiger partial charge in [0.05, 0.1) is 0 Å². The van der Waals surface area contributed by atoms with Crippen molar-refractivity contribution >= 4 is 6.21 Å². The lowest BCUT2D eigenvalue weighted by molar-refractivity contribution is -0.00503. The number of nitrogens with zero attached hydrogens (tertiary/aromatic N) is 2. The standard InChI is InChI=1S/C10H10N2O/c1-2-5-10(6-3-1)13-12-8-4-7-11-9-12/h1-8H,9H2. The fourth-order valence-corrected chi connectivity index (χ4v) is 1.05. The molecule has 1 aliphatic heterocycles. The Hall–Kier alpha value is -1.77. The zero-order valence-electron chi connectivity index (χ0n) is 7.13. The Morgan fingerprint density at radius 3 is 2.77 bits per heavy atom. The van der Waals surface area contributed by atoms with Crippen LogP contribution in [0.3, 0.4) is 0 Å². The van der Waals surface area contributed by atoms with Gasteiger partial charge in [-0.3, -0.25) is 4.99 Å². The van der Waals surface area contributed by atoms with Gasteiger partial charge >= 0.3 is 0 Å². The minimum absolute atomic E-state index is 0.547. The van der Waals surface area contributed by atoms with E-state index in [0.717, 1.165) is 5.75 Å². The Morgan fingerprint density at radius 1 is 1.23 bits per heavy atom. The van der Waals surface area contributed by atoms with E-state index < -0.39 is 0 Å². The third-order valence-electron chi connectivity index (χ3n) is 1.63. The number of para-hydroxylation sites is 1. The lowest BCUT2D eigenvalue weighted by atomic mass is 10.3. The number of hydrogen-bond acceptors (Lipinski definition) is 3. The molecule has 0 spiro atoms. The predicted molar refractivity (Wildman–Crippen MR) is 51.4 cm³/mol. The fourth-order valence-electron chi connectivity index (χ4n) is 1.05. The van der Waals surface area contributed by atoms with Gasteiger partial charge in [-0.25, -0.2) is 0 Å². The summed E-state index contributed by atoms with van der Waals surface area (Å²) in [6.45, 7) is 0.547. The van der Waals surface area contributed by atoms with Crippen LogP contribution in [0.25, 0.3) is 0 Å². The molecule has 1 heterocycles. The Labute approximate surface area is 76.9 Å². The molecule has 0 radical (unpaired) electrons. The molecule has 0 bridgehead atoms. The maximum absolute atomic E-state index is 5.49. The zero-order valence-corrected chi connectivity index (χ0v) is 7.13. The van der Waals surface area contributed by atoms with Gasteiger partial charge in [0.15, 0.2) is 5.75 Å². The third-order valence-corrected chi connectivity index (χ3v) is 1.63. The quantitative estimate of drug-likeness (QED) is 0.683. The number of hydroxylamine groups is 2. The average Bonchev–Trinajstić information content (AvgIpc) is 2.21. The lowest BCUT2D eigenvalue weighted by Gasteiger charge is -2.19. The fraction of sp³-hybridized carbons (Fsp3) is 0.100. The molecule has 0 N–H and O–H groups in total. The van der Waals surface area contributed by atoms with Crippen LogP contribution in [0.5, 0.6) is 5.75 Å². The van der Waals surface area contributed by atoms with E-state index in [4.69, 9.17) is 4.84 Å². The van der Waals surface area contributed by atoms with Crippen LogP contribution < -0.4 is 4.84 Å². The van der Waals surface area contributed by atoms with Crippen molar-refractivity contribution in [3.8, 4) is 5.75 Å². The largest absolute Gasteiger partial charge is 0.378 e. The number of aliphatic imine (C=N–C) groups is 1. The van der Waals surface area contributed by atoms with Crippen molar-refractivity contribution in [2.75, 3.05) is 6.67 Å². The molecule has 0 aliphatic carbocycles. The first-order chi connectivity index (χ1) is 6.45. The maximum atomic E-state index is 5.49. The van der Waals surface area contributed by atoms with Gasteiger partial charge in [0.2, 0.25) is 0 Å². The van der Waals surface area contributed by atoms with Gasteiger partial charge in [-0.2, -0.15) is 5.06 Å². The molecule has 0 saturated heterocycles. The molecule has 0 fully saturated rings. The average molecular weight is 174 g/mol. The van der Waals surface area contributed by atoms with Crippen molar-refractivity contribution in [3.05, 3.63) is 42.6 Å². The molecule has 3 heteroatoms. The van der Waals surface area contributed by atoms with Gasteiger partial charge < -0.3 is 4.84 Å². The van der Waals surface area contributed by atoms with E-state index in [1.165, 1.54) is 0 Å². The number of rotatable bonds is 2. The Morgan fingerprint density at radius 2 is 2.08 bits per heavy atom. The molecule has 0 amide bonds. The van der Waals surface area contributed by atoms with Gasteiger partial charge in [0, 0.05) is 12.4 Å². The summed E-state index contributed by atoms with van der Waals surface area (Å²) in [4.78, 5) is 9.53. The summed E-state index contributed by atoms with van der Waals surface area (Å²) in [6.07, 6.45) is 5.44. The molecule has 0 aromatic heterocycles. The zero-order chi connectivity index (χ0) is 8.93. The van der Waals surface area contributed by atoms with Crippen molar-refractivity contribution < 1.29 is 4.84 Å². The first-order valence-electron chi connectivity index (χ1n) is 4.11. The summed E-state index contributed by atoms with van der Waals surface area (Å²) >= 11 is 0. The molecular weight excluding hydrogens is 164 g/mol. The number of allylic oxidation sites excluding steroid dienone is 1. The topological polar surface area (TPSA) is 24.8 Å². The summed E-state index contributed by atoms with van der Waals surface area (Å²) in [6, 6.07) is 9.65. The van der Waals surface area contributed by atoms with E-state index in [-0.39, 0.29) is 0 Å². The molecule has 1 aromatic rings. The highest BCUT2D eigenvalue weighted by molar-refractivity contribution is 5.71. The summed E-state index contributed by atoms with van der Waals surface area (Å²) in [5, 5.41) is 1.68. The van der Waals surface area contributed by atoms with Crippen LogP contribution in [0.1, 0.15) is 0 Å². The normalized spacial score (nSPS) is 14.6. The molecule has 66 valence electrons. The van der Waals surface area contributed by atoms with Crippen molar-refractivity contribution in [2.24, 2.45) is 4.99 Å². The van der Waals surface area contributed by atoms with Crippen molar-refractivity contribution in [1.82, 2.24) is 5.06 Å². The van der Waals surface area contributed by atoms with Crippen LogP contribution >= 0.6 is 0 Å². The van der Waals surface area contributed by atoms with Gasteiger partial charge in [0.25, 0.3) is 0 Å².